The van der Waals surface area contributed by atoms with Gasteiger partial charge < -0.3 is 34.7 Å². The number of Topliss-reactive ketones (excluding diaryl/α,β-unsaturated/α-hetero) is 1. The summed E-state index contributed by atoms with van der Waals surface area (Å²) in [6.07, 6.45) is -13.4. The van der Waals surface area contributed by atoms with E-state index in [1.165, 1.54) is 18.2 Å². The first-order valence-corrected chi connectivity index (χ1v) is 10.8. The summed E-state index contributed by atoms with van der Waals surface area (Å²) >= 11 is 0. The van der Waals surface area contributed by atoms with Crippen molar-refractivity contribution in [3.05, 3.63) is 29.3 Å². The van der Waals surface area contributed by atoms with E-state index in [2.05, 4.69) is 0 Å². The van der Waals surface area contributed by atoms with Crippen LogP contribution in [0, 0.1) is 17.3 Å². The molecule has 1 aliphatic heterocycles. The molecule has 3 N–H and O–H groups in total. The monoisotopic (exact) mass is 473 g/mol. The SMILES string of the molecule is [2H]C1([2H])c2cc(O[C@@H]3O[C@H](C(=O)[O-])[C@@H](O)[C@H](O)[C@H]3O)ccc2[C@@]2([2H])CC[C@]3(C)C(=O)CC[C@H]3[C@@H]2C1([2H])[2H].[Na+]. The van der Waals surface area contributed by atoms with E-state index in [9.17, 15) is 31.4 Å². The van der Waals surface area contributed by atoms with Crippen LogP contribution in [0.3, 0.4) is 0 Å². The van der Waals surface area contributed by atoms with Crippen molar-refractivity contribution in [2.45, 2.75) is 82.0 Å². The Morgan fingerprint density at radius 1 is 1.27 bits per heavy atom. The number of aliphatic hydroxyl groups excluding tert-OH is 3. The van der Waals surface area contributed by atoms with Crippen LogP contribution in [0.4, 0.5) is 0 Å². The molecule has 3 fully saturated rings. The maximum Gasteiger partial charge on any atom is 1.00 e. The molecule has 5 rings (SSSR count). The van der Waals surface area contributed by atoms with E-state index < -0.39 is 72.6 Å². The third kappa shape index (κ3) is 4.07. The van der Waals surface area contributed by atoms with Gasteiger partial charge in [0, 0.05) is 18.7 Å². The molecule has 0 radical (unpaired) electrons. The average molecular weight is 474 g/mol. The summed E-state index contributed by atoms with van der Waals surface area (Å²) in [5.74, 6) is -4.98. The van der Waals surface area contributed by atoms with Crippen molar-refractivity contribution in [3.63, 3.8) is 0 Å². The van der Waals surface area contributed by atoms with Crippen LogP contribution in [-0.2, 0) is 20.7 Å². The van der Waals surface area contributed by atoms with Gasteiger partial charge >= 0.3 is 29.6 Å². The minimum atomic E-state index is -2.59. The number of carbonyl (C=O) groups excluding carboxylic acids is 2. The maximum atomic E-state index is 12.7. The first kappa shape index (κ1) is 19.2. The topological polar surface area (TPSA) is 136 Å². The van der Waals surface area contributed by atoms with Gasteiger partial charge in [0.1, 0.15) is 35.9 Å². The number of ether oxygens (including phenoxy) is 2. The minimum absolute atomic E-state index is 0. The van der Waals surface area contributed by atoms with E-state index in [1.807, 2.05) is 0 Å². The molecule has 0 aromatic heterocycles. The number of hydrogen-bond acceptors (Lipinski definition) is 8. The molecule has 1 aromatic carbocycles. The molecular weight excluding hydrogens is 439 g/mol. The Bertz CT molecular complexity index is 1150. The van der Waals surface area contributed by atoms with Gasteiger partial charge in [0.25, 0.3) is 0 Å². The van der Waals surface area contributed by atoms with Crippen LogP contribution in [0.2, 0.25) is 0 Å². The predicted octanol–water partition coefficient (Wildman–Crippen LogP) is -2.95. The van der Waals surface area contributed by atoms with E-state index >= 15 is 0 Å². The van der Waals surface area contributed by atoms with Gasteiger partial charge in [-0.2, -0.15) is 0 Å². The standard InChI is InChI=1S/C24H30O8.Na/c1-24-9-8-14-13-5-3-12(10-11(13)2-4-15(14)16(24)6-7-17(24)25)31-23-20(28)18(26)19(27)21(32-23)22(29)30;/h3,5,10,14-16,18-21,23,26-28H,2,4,6-9H2,1H3,(H,29,30);/q;+1/p-1/t14-,15-,16+,18+,19+,20-,21+,23-,24+;/m1./s1/i2D2,4D2,14D;. The Hall–Kier alpha value is -1.000. The molecular formula is C24H29NaO8. The van der Waals surface area contributed by atoms with Crippen molar-refractivity contribution in [3.8, 4) is 5.75 Å². The first-order valence-electron chi connectivity index (χ1n) is 13.3. The normalized spacial score (nSPS) is 49.4. The molecule has 0 amide bonds. The second kappa shape index (κ2) is 9.22. The molecule has 4 aliphatic rings. The van der Waals surface area contributed by atoms with Crippen LogP contribution < -0.4 is 39.4 Å². The van der Waals surface area contributed by atoms with E-state index in [1.54, 1.807) is 6.92 Å². The van der Waals surface area contributed by atoms with E-state index in [0.29, 0.717) is 12.8 Å². The Balaban J connectivity index is 0.00000336. The molecule has 1 saturated heterocycles. The molecule has 3 aliphatic carbocycles. The number of carboxylic acids is 1. The second-order valence-corrected chi connectivity index (χ2v) is 9.30. The zero-order chi connectivity index (χ0) is 27.3. The molecule has 0 spiro atoms. The van der Waals surface area contributed by atoms with Crippen LogP contribution >= 0.6 is 0 Å². The van der Waals surface area contributed by atoms with Gasteiger partial charge in [-0.3, -0.25) is 4.79 Å². The van der Waals surface area contributed by atoms with E-state index in [0.717, 1.165) is 0 Å². The molecule has 8 nitrogen and oxygen atoms in total. The molecule has 33 heavy (non-hydrogen) atoms. The average Bonchev–Trinajstić information content (AvgIpc) is 3.12. The van der Waals surface area contributed by atoms with E-state index in [-0.39, 0.29) is 65.1 Å². The first-order chi connectivity index (χ1) is 17.1. The van der Waals surface area contributed by atoms with Crippen molar-refractivity contribution in [2.75, 3.05) is 0 Å². The van der Waals surface area contributed by atoms with Gasteiger partial charge in [0.2, 0.25) is 6.29 Å². The fourth-order valence-electron chi connectivity index (χ4n) is 5.65. The maximum absolute atomic E-state index is 12.7. The Labute approximate surface area is 221 Å². The number of ketones is 1. The van der Waals surface area contributed by atoms with Crippen molar-refractivity contribution >= 4 is 11.8 Å². The van der Waals surface area contributed by atoms with Gasteiger partial charge in [0.15, 0.2) is 0 Å². The van der Waals surface area contributed by atoms with Crippen LogP contribution in [0.15, 0.2) is 18.2 Å². The smallest absolute Gasteiger partial charge is 0.547 e. The summed E-state index contributed by atoms with van der Waals surface area (Å²) in [7, 11) is 0. The number of carbonyl (C=O) groups is 2. The zero-order valence-corrected chi connectivity index (χ0v) is 20.5. The fourth-order valence-corrected chi connectivity index (χ4v) is 5.65. The molecule has 0 unspecified atom stereocenters. The van der Waals surface area contributed by atoms with Crippen molar-refractivity contribution in [2.24, 2.45) is 17.3 Å². The van der Waals surface area contributed by atoms with Gasteiger partial charge in [0.05, 0.1) is 5.97 Å². The number of hydrogen-bond donors (Lipinski definition) is 3. The quantitative estimate of drug-likeness (QED) is 0.397. The van der Waals surface area contributed by atoms with Crippen LogP contribution in [0.1, 0.15) is 62.9 Å². The Morgan fingerprint density at radius 2 is 2.03 bits per heavy atom. The minimum Gasteiger partial charge on any atom is -0.547 e. The molecule has 1 aromatic rings. The van der Waals surface area contributed by atoms with Crippen LogP contribution in [-0.4, -0.2) is 57.8 Å². The number of aliphatic carboxylic acids is 1. The van der Waals surface area contributed by atoms with E-state index in [4.69, 9.17) is 15.0 Å². The zero-order valence-electron chi connectivity index (χ0n) is 23.5. The van der Waals surface area contributed by atoms with Crippen LogP contribution in [0.5, 0.6) is 5.75 Å². The third-order valence-electron chi connectivity index (χ3n) is 7.58. The molecule has 2 saturated carbocycles. The van der Waals surface area contributed by atoms with Gasteiger partial charge in [-0.05, 0) is 73.0 Å². The fraction of sp³-hybridized carbons (Fsp3) is 0.667. The van der Waals surface area contributed by atoms with Crippen LogP contribution in [0.25, 0.3) is 0 Å². The largest absolute Gasteiger partial charge is 1.00 e. The number of aliphatic hydroxyl groups is 3. The molecule has 1 heterocycles. The summed E-state index contributed by atoms with van der Waals surface area (Å²) in [6.45, 7) is 1.80. The molecule has 174 valence electrons. The van der Waals surface area contributed by atoms with Gasteiger partial charge in [-0.1, -0.05) is 13.0 Å². The molecule has 0 bridgehead atoms. The summed E-state index contributed by atoms with van der Waals surface area (Å²) in [4.78, 5) is 24.0. The Morgan fingerprint density at radius 3 is 2.76 bits per heavy atom. The van der Waals surface area contributed by atoms with Crippen molar-refractivity contribution < 1.29 is 75.9 Å². The molecule has 9 heteroatoms. The summed E-state index contributed by atoms with van der Waals surface area (Å²) in [5, 5.41) is 41.4. The Kier molecular flexibility index (Phi) is 5.37. The number of rotatable bonds is 3. The third-order valence-corrected chi connectivity index (χ3v) is 7.58. The second-order valence-electron chi connectivity index (χ2n) is 9.30. The number of fused-ring (bicyclic) bond motifs is 5. The summed E-state index contributed by atoms with van der Waals surface area (Å²) in [6, 6.07) is 4.01. The molecule has 9 atom stereocenters. The van der Waals surface area contributed by atoms with Gasteiger partial charge in [-0.15, -0.1) is 0 Å². The van der Waals surface area contributed by atoms with Crippen molar-refractivity contribution in [1.82, 2.24) is 0 Å². The number of carboxylic acid groups (broad SMARTS) is 1. The predicted molar refractivity (Wildman–Crippen MR) is 108 cm³/mol. The number of benzene rings is 1. The number of aryl methyl sites for hydroxylation is 1. The van der Waals surface area contributed by atoms with Gasteiger partial charge in [-0.25, -0.2) is 0 Å². The van der Waals surface area contributed by atoms with Crippen molar-refractivity contribution in [1.29, 1.82) is 0 Å². The summed E-state index contributed by atoms with van der Waals surface area (Å²) < 4.78 is 55.5. The summed E-state index contributed by atoms with van der Waals surface area (Å²) in [5.41, 5.74) is -0.648.